The standard InChI is InChI=1S/C18H26N2O5/c1-3-20(4-2)16-17(21)15(14-9-22-18(16)25-14)19-8-11-5-6-12-13(7-11)24-10-23-12/h5-7,14-19,21H,3-4,8-10H2,1-2H3. The third-order valence-electron chi connectivity index (χ3n) is 5.34. The summed E-state index contributed by atoms with van der Waals surface area (Å²) >= 11 is 0. The average molecular weight is 350 g/mol. The van der Waals surface area contributed by atoms with Crippen LogP contribution in [0.5, 0.6) is 11.5 Å². The fourth-order valence-corrected chi connectivity index (χ4v) is 3.97. The summed E-state index contributed by atoms with van der Waals surface area (Å²) < 4.78 is 22.6. The monoisotopic (exact) mass is 350 g/mol. The molecule has 0 aliphatic carbocycles. The molecule has 0 saturated carbocycles. The van der Waals surface area contributed by atoms with Crippen LogP contribution in [0.15, 0.2) is 18.2 Å². The topological polar surface area (TPSA) is 72.4 Å². The van der Waals surface area contributed by atoms with Crippen molar-refractivity contribution in [3.63, 3.8) is 0 Å². The number of ether oxygens (including phenoxy) is 4. The molecule has 0 radical (unpaired) electrons. The number of hydrogen-bond donors (Lipinski definition) is 2. The first-order chi connectivity index (χ1) is 12.2. The quantitative estimate of drug-likeness (QED) is 0.782. The second-order valence-electron chi connectivity index (χ2n) is 6.67. The van der Waals surface area contributed by atoms with Gasteiger partial charge in [-0.2, -0.15) is 0 Å². The van der Waals surface area contributed by atoms with E-state index in [1.807, 2.05) is 18.2 Å². The molecule has 7 heteroatoms. The largest absolute Gasteiger partial charge is 0.454 e. The third-order valence-corrected chi connectivity index (χ3v) is 5.34. The van der Waals surface area contributed by atoms with Crippen molar-refractivity contribution in [3.05, 3.63) is 23.8 Å². The zero-order valence-electron chi connectivity index (χ0n) is 14.7. The minimum absolute atomic E-state index is 0.124. The predicted octanol–water partition coefficient (Wildman–Crippen LogP) is 0.700. The van der Waals surface area contributed by atoms with Gasteiger partial charge in [0.1, 0.15) is 6.10 Å². The number of aliphatic hydroxyl groups is 1. The van der Waals surface area contributed by atoms with Crippen LogP contribution in [0.3, 0.4) is 0 Å². The molecule has 25 heavy (non-hydrogen) atoms. The Balaban J connectivity index is 1.45. The summed E-state index contributed by atoms with van der Waals surface area (Å²) in [5.74, 6) is 1.54. The lowest BCUT2D eigenvalue weighted by atomic mass is 9.94. The molecule has 2 N–H and O–H groups in total. The van der Waals surface area contributed by atoms with Crippen LogP contribution in [0.25, 0.3) is 0 Å². The van der Waals surface area contributed by atoms with Gasteiger partial charge in [-0.25, -0.2) is 0 Å². The minimum atomic E-state index is -0.542. The molecule has 0 aromatic heterocycles. The molecule has 2 bridgehead atoms. The van der Waals surface area contributed by atoms with Crippen LogP contribution in [0.4, 0.5) is 0 Å². The van der Waals surface area contributed by atoms with Gasteiger partial charge in [0.05, 0.1) is 24.8 Å². The molecule has 5 atom stereocenters. The van der Waals surface area contributed by atoms with Crippen molar-refractivity contribution in [3.8, 4) is 11.5 Å². The van der Waals surface area contributed by atoms with Crippen LogP contribution in [0.2, 0.25) is 0 Å². The molecular weight excluding hydrogens is 324 g/mol. The molecule has 3 aliphatic heterocycles. The fraction of sp³-hybridized carbons (Fsp3) is 0.667. The number of nitrogens with one attached hydrogen (secondary N) is 1. The minimum Gasteiger partial charge on any atom is -0.454 e. The van der Waals surface area contributed by atoms with E-state index in [4.69, 9.17) is 18.9 Å². The van der Waals surface area contributed by atoms with Crippen LogP contribution >= 0.6 is 0 Å². The van der Waals surface area contributed by atoms with Crippen LogP contribution in [0.1, 0.15) is 19.4 Å². The van der Waals surface area contributed by atoms with E-state index in [-0.39, 0.29) is 31.3 Å². The Morgan fingerprint density at radius 3 is 2.80 bits per heavy atom. The molecule has 1 aromatic rings. The maximum Gasteiger partial charge on any atom is 0.231 e. The number of fused-ring (bicyclic) bond motifs is 3. The molecule has 7 nitrogen and oxygen atoms in total. The molecule has 0 spiro atoms. The Kier molecular flexibility index (Phi) is 4.84. The maximum atomic E-state index is 11.0. The Labute approximate surface area is 147 Å². The number of hydrogen-bond acceptors (Lipinski definition) is 7. The highest BCUT2D eigenvalue weighted by Crippen LogP contribution is 2.34. The smallest absolute Gasteiger partial charge is 0.231 e. The second-order valence-corrected chi connectivity index (χ2v) is 6.67. The zero-order chi connectivity index (χ0) is 17.4. The third kappa shape index (κ3) is 3.11. The second kappa shape index (κ2) is 7.09. The van der Waals surface area contributed by atoms with Crippen molar-refractivity contribution in [2.24, 2.45) is 0 Å². The number of rotatable bonds is 6. The van der Waals surface area contributed by atoms with Crippen molar-refractivity contribution in [2.45, 2.75) is 51.0 Å². The summed E-state index contributed by atoms with van der Waals surface area (Å²) in [4.78, 5) is 2.20. The average Bonchev–Trinajstić information content (AvgIpc) is 3.26. The van der Waals surface area contributed by atoms with Gasteiger partial charge < -0.3 is 29.4 Å². The normalized spacial score (nSPS) is 33.2. The lowest BCUT2D eigenvalue weighted by molar-refractivity contribution is -0.181. The van der Waals surface area contributed by atoms with Crippen LogP contribution < -0.4 is 14.8 Å². The summed E-state index contributed by atoms with van der Waals surface area (Å²) in [6.45, 7) is 7.28. The molecule has 5 unspecified atom stereocenters. The van der Waals surface area contributed by atoms with Gasteiger partial charge in [-0.3, -0.25) is 4.90 Å². The van der Waals surface area contributed by atoms with E-state index < -0.39 is 6.10 Å². The van der Waals surface area contributed by atoms with Gasteiger partial charge in [0.25, 0.3) is 0 Å². The van der Waals surface area contributed by atoms with Crippen molar-refractivity contribution >= 4 is 0 Å². The molecule has 4 rings (SSSR count). The van der Waals surface area contributed by atoms with Gasteiger partial charge >= 0.3 is 0 Å². The number of aliphatic hydroxyl groups excluding tert-OH is 1. The van der Waals surface area contributed by atoms with E-state index in [0.29, 0.717) is 13.2 Å². The fourth-order valence-electron chi connectivity index (χ4n) is 3.97. The molecule has 1 aromatic carbocycles. The summed E-state index contributed by atoms with van der Waals surface area (Å²) in [6.07, 6.45) is -1.01. The Bertz CT molecular complexity index is 607. The van der Waals surface area contributed by atoms with Gasteiger partial charge in [-0.15, -0.1) is 0 Å². The van der Waals surface area contributed by atoms with Crippen molar-refractivity contribution in [1.29, 1.82) is 0 Å². The number of benzene rings is 1. The highest BCUT2D eigenvalue weighted by molar-refractivity contribution is 5.44. The summed E-state index contributed by atoms with van der Waals surface area (Å²) in [6, 6.07) is 5.58. The summed E-state index contributed by atoms with van der Waals surface area (Å²) in [5, 5.41) is 14.4. The van der Waals surface area contributed by atoms with Gasteiger partial charge in [0.2, 0.25) is 6.79 Å². The van der Waals surface area contributed by atoms with E-state index in [9.17, 15) is 5.11 Å². The van der Waals surface area contributed by atoms with Crippen molar-refractivity contribution < 1.29 is 24.1 Å². The van der Waals surface area contributed by atoms with E-state index in [0.717, 1.165) is 30.2 Å². The number of nitrogens with zero attached hydrogens (tertiary/aromatic N) is 1. The molecule has 0 amide bonds. The SMILES string of the molecule is CCN(CC)C1C2OCC(O2)C(NCc2ccc3c(c2)OCO3)C1O. The summed E-state index contributed by atoms with van der Waals surface area (Å²) in [7, 11) is 0. The molecule has 2 saturated heterocycles. The van der Waals surface area contributed by atoms with Gasteiger partial charge in [0.15, 0.2) is 17.8 Å². The summed E-state index contributed by atoms with van der Waals surface area (Å²) in [5.41, 5.74) is 1.08. The maximum absolute atomic E-state index is 11.0. The number of likely N-dealkylation sites (N-methyl/N-ethyl adjacent to an activating group) is 1. The van der Waals surface area contributed by atoms with E-state index >= 15 is 0 Å². The van der Waals surface area contributed by atoms with Crippen molar-refractivity contribution in [2.75, 3.05) is 26.5 Å². The van der Waals surface area contributed by atoms with Crippen LogP contribution in [0, 0.1) is 0 Å². The zero-order valence-corrected chi connectivity index (χ0v) is 14.7. The van der Waals surface area contributed by atoms with E-state index in [1.54, 1.807) is 0 Å². The lowest BCUT2D eigenvalue weighted by Gasteiger charge is -2.43. The highest BCUT2D eigenvalue weighted by Gasteiger charge is 2.51. The van der Waals surface area contributed by atoms with Crippen LogP contribution in [-0.4, -0.2) is 67.1 Å². The first-order valence-electron chi connectivity index (χ1n) is 9.02. The first kappa shape index (κ1) is 17.1. The molecular formula is C18H26N2O5. The van der Waals surface area contributed by atoms with Crippen LogP contribution in [-0.2, 0) is 16.0 Å². The van der Waals surface area contributed by atoms with E-state index in [2.05, 4.69) is 24.1 Å². The van der Waals surface area contributed by atoms with Gasteiger partial charge in [-0.1, -0.05) is 19.9 Å². The van der Waals surface area contributed by atoms with E-state index in [1.165, 1.54) is 0 Å². The Morgan fingerprint density at radius 2 is 2.00 bits per heavy atom. The van der Waals surface area contributed by atoms with Gasteiger partial charge in [0, 0.05) is 6.54 Å². The Hall–Kier alpha value is -1.38. The van der Waals surface area contributed by atoms with Gasteiger partial charge in [-0.05, 0) is 30.8 Å². The highest BCUT2D eigenvalue weighted by atomic mass is 16.7. The lowest BCUT2D eigenvalue weighted by Crippen LogP contribution is -2.64. The first-order valence-corrected chi connectivity index (χ1v) is 9.02. The molecule has 138 valence electrons. The Morgan fingerprint density at radius 1 is 1.20 bits per heavy atom. The molecule has 3 aliphatic rings. The predicted molar refractivity (Wildman–Crippen MR) is 90.5 cm³/mol. The molecule has 2 fully saturated rings. The van der Waals surface area contributed by atoms with Crippen molar-refractivity contribution in [1.82, 2.24) is 10.2 Å². The molecule has 3 heterocycles.